The van der Waals surface area contributed by atoms with Crippen molar-refractivity contribution in [3.63, 3.8) is 0 Å². The summed E-state index contributed by atoms with van der Waals surface area (Å²) in [4.78, 5) is 16.9. The Morgan fingerprint density at radius 3 is 2.75 bits per heavy atom. The number of methoxy groups -OCH3 is 1. The van der Waals surface area contributed by atoms with Crippen LogP contribution in [-0.2, 0) is 18.4 Å². The Balaban J connectivity index is 2.29. The first-order chi connectivity index (χ1) is 11.2. The van der Waals surface area contributed by atoms with Gasteiger partial charge < -0.3 is 10.1 Å². The SMILES string of the molecule is COCc1ncccc1-c1cc(C(=O)NC(C)C(C)(C)C)n(C)n1. The van der Waals surface area contributed by atoms with E-state index in [0.717, 1.165) is 11.3 Å². The molecule has 2 aromatic heterocycles. The number of aromatic nitrogens is 3. The molecule has 0 aliphatic carbocycles. The van der Waals surface area contributed by atoms with E-state index >= 15 is 0 Å². The third-order valence-electron chi connectivity index (χ3n) is 4.21. The van der Waals surface area contributed by atoms with E-state index in [9.17, 15) is 4.79 Å². The fraction of sp³-hybridized carbons (Fsp3) is 0.500. The van der Waals surface area contributed by atoms with Crippen molar-refractivity contribution in [3.05, 3.63) is 35.8 Å². The van der Waals surface area contributed by atoms with Crippen LogP contribution in [0.2, 0.25) is 0 Å². The number of rotatable bonds is 5. The van der Waals surface area contributed by atoms with Crippen molar-refractivity contribution < 1.29 is 9.53 Å². The maximum atomic E-state index is 12.6. The Bertz CT molecular complexity index is 716. The Kier molecular flexibility index (Phi) is 5.39. The van der Waals surface area contributed by atoms with Crippen LogP contribution >= 0.6 is 0 Å². The van der Waals surface area contributed by atoms with Crippen LogP contribution in [0, 0.1) is 5.41 Å². The fourth-order valence-corrected chi connectivity index (χ4v) is 2.22. The Morgan fingerprint density at radius 1 is 1.42 bits per heavy atom. The number of hydrogen-bond donors (Lipinski definition) is 1. The highest BCUT2D eigenvalue weighted by Gasteiger charge is 2.24. The lowest BCUT2D eigenvalue weighted by Gasteiger charge is -2.27. The summed E-state index contributed by atoms with van der Waals surface area (Å²) in [6.45, 7) is 8.69. The molecule has 0 saturated carbocycles. The lowest BCUT2D eigenvalue weighted by Crippen LogP contribution is -2.42. The average molecular weight is 330 g/mol. The lowest BCUT2D eigenvalue weighted by atomic mass is 9.88. The van der Waals surface area contributed by atoms with Gasteiger partial charge in [0.25, 0.3) is 5.91 Å². The first kappa shape index (κ1) is 18.1. The van der Waals surface area contributed by atoms with Crippen molar-refractivity contribution >= 4 is 5.91 Å². The number of carbonyl (C=O) groups is 1. The van der Waals surface area contributed by atoms with Crippen LogP contribution in [0.15, 0.2) is 24.4 Å². The van der Waals surface area contributed by atoms with Crippen molar-refractivity contribution in [1.82, 2.24) is 20.1 Å². The number of nitrogens with zero attached hydrogens (tertiary/aromatic N) is 3. The summed E-state index contributed by atoms with van der Waals surface area (Å²) in [5.41, 5.74) is 2.90. The van der Waals surface area contributed by atoms with E-state index in [0.29, 0.717) is 18.0 Å². The van der Waals surface area contributed by atoms with Crippen LogP contribution in [0.5, 0.6) is 0 Å². The van der Waals surface area contributed by atoms with Crippen LogP contribution in [0.3, 0.4) is 0 Å². The summed E-state index contributed by atoms with van der Waals surface area (Å²) in [6, 6.07) is 5.63. The van der Waals surface area contributed by atoms with E-state index in [1.54, 1.807) is 31.1 Å². The van der Waals surface area contributed by atoms with E-state index in [1.807, 2.05) is 19.1 Å². The average Bonchev–Trinajstić information content (AvgIpc) is 2.89. The zero-order valence-electron chi connectivity index (χ0n) is 15.3. The van der Waals surface area contributed by atoms with E-state index in [-0.39, 0.29) is 17.4 Å². The molecule has 0 bridgehead atoms. The number of hydrogen-bond acceptors (Lipinski definition) is 4. The molecular weight excluding hydrogens is 304 g/mol. The molecule has 6 nitrogen and oxygen atoms in total. The van der Waals surface area contributed by atoms with Gasteiger partial charge in [-0.15, -0.1) is 0 Å². The molecule has 0 aliphatic rings. The highest BCUT2D eigenvalue weighted by Crippen LogP contribution is 2.23. The van der Waals surface area contributed by atoms with Gasteiger partial charge in [0, 0.05) is 32.0 Å². The lowest BCUT2D eigenvalue weighted by molar-refractivity contribution is 0.0900. The van der Waals surface area contributed by atoms with Crippen LogP contribution in [-0.4, -0.2) is 33.8 Å². The molecule has 24 heavy (non-hydrogen) atoms. The summed E-state index contributed by atoms with van der Waals surface area (Å²) >= 11 is 0. The normalized spacial score (nSPS) is 12.9. The van der Waals surface area contributed by atoms with Crippen molar-refractivity contribution in [1.29, 1.82) is 0 Å². The summed E-state index contributed by atoms with van der Waals surface area (Å²) in [5.74, 6) is -0.129. The monoisotopic (exact) mass is 330 g/mol. The molecule has 2 aromatic rings. The van der Waals surface area contributed by atoms with Gasteiger partial charge in [0.1, 0.15) is 5.69 Å². The second kappa shape index (κ2) is 7.13. The maximum Gasteiger partial charge on any atom is 0.269 e. The molecular formula is C18H26N4O2. The number of nitrogens with one attached hydrogen (secondary N) is 1. The zero-order chi connectivity index (χ0) is 17.9. The minimum absolute atomic E-state index is 0.00787. The Labute approximate surface area is 143 Å². The number of ether oxygens (including phenoxy) is 1. The number of aryl methyl sites for hydroxylation is 1. The third-order valence-corrected chi connectivity index (χ3v) is 4.21. The molecule has 1 amide bonds. The molecule has 0 spiro atoms. The van der Waals surface area contributed by atoms with Crippen molar-refractivity contribution in [2.45, 2.75) is 40.3 Å². The van der Waals surface area contributed by atoms with Crippen molar-refractivity contribution in [2.75, 3.05) is 7.11 Å². The zero-order valence-corrected chi connectivity index (χ0v) is 15.3. The van der Waals surface area contributed by atoms with Crippen LogP contribution < -0.4 is 5.32 Å². The Hall–Kier alpha value is -2.21. The quantitative estimate of drug-likeness (QED) is 0.915. The van der Waals surface area contributed by atoms with E-state index in [1.165, 1.54) is 0 Å². The number of amides is 1. The standard InChI is InChI=1S/C18H26N4O2/c1-12(18(2,3)4)20-17(23)16-10-14(21-22(16)5)13-8-7-9-19-15(13)11-24-6/h7-10,12H,11H2,1-6H3,(H,20,23). The highest BCUT2D eigenvalue weighted by molar-refractivity contribution is 5.94. The second-order valence-electron chi connectivity index (χ2n) is 7.03. The van der Waals surface area contributed by atoms with Crippen LogP contribution in [0.25, 0.3) is 11.3 Å². The first-order valence-electron chi connectivity index (χ1n) is 8.02. The van der Waals surface area contributed by atoms with Gasteiger partial charge in [-0.25, -0.2) is 0 Å². The molecule has 2 heterocycles. The molecule has 0 saturated heterocycles. The van der Waals surface area contributed by atoms with Gasteiger partial charge in [0.05, 0.1) is 18.0 Å². The minimum atomic E-state index is -0.129. The topological polar surface area (TPSA) is 69.0 Å². The van der Waals surface area contributed by atoms with E-state index in [4.69, 9.17) is 4.74 Å². The largest absolute Gasteiger partial charge is 0.378 e. The van der Waals surface area contributed by atoms with Gasteiger partial charge in [-0.05, 0) is 30.5 Å². The molecule has 1 N–H and O–H groups in total. The molecule has 0 fully saturated rings. The molecule has 6 heteroatoms. The van der Waals surface area contributed by atoms with Crippen molar-refractivity contribution in [2.24, 2.45) is 12.5 Å². The minimum Gasteiger partial charge on any atom is -0.378 e. The maximum absolute atomic E-state index is 12.6. The molecule has 0 radical (unpaired) electrons. The predicted molar refractivity (Wildman–Crippen MR) is 93.5 cm³/mol. The molecule has 1 unspecified atom stereocenters. The fourth-order valence-electron chi connectivity index (χ4n) is 2.22. The molecule has 0 aliphatic heterocycles. The highest BCUT2D eigenvalue weighted by atomic mass is 16.5. The summed E-state index contributed by atoms with van der Waals surface area (Å²) in [5, 5.41) is 7.52. The van der Waals surface area contributed by atoms with E-state index < -0.39 is 0 Å². The van der Waals surface area contributed by atoms with Gasteiger partial charge in [-0.3, -0.25) is 14.5 Å². The van der Waals surface area contributed by atoms with Gasteiger partial charge in [0.15, 0.2) is 0 Å². The third kappa shape index (κ3) is 4.00. The van der Waals surface area contributed by atoms with Gasteiger partial charge >= 0.3 is 0 Å². The summed E-state index contributed by atoms with van der Waals surface area (Å²) < 4.78 is 6.79. The van der Waals surface area contributed by atoms with Crippen LogP contribution in [0.4, 0.5) is 0 Å². The summed E-state index contributed by atoms with van der Waals surface area (Å²) in [7, 11) is 3.40. The van der Waals surface area contributed by atoms with Crippen LogP contribution in [0.1, 0.15) is 43.9 Å². The smallest absolute Gasteiger partial charge is 0.269 e. The van der Waals surface area contributed by atoms with Gasteiger partial charge in [-0.2, -0.15) is 5.10 Å². The Morgan fingerprint density at radius 2 is 2.12 bits per heavy atom. The molecule has 0 aromatic carbocycles. The predicted octanol–water partition coefficient (Wildman–Crippen LogP) is 2.79. The number of pyridine rings is 1. The second-order valence-corrected chi connectivity index (χ2v) is 7.03. The molecule has 1 atom stereocenters. The van der Waals surface area contributed by atoms with Crippen molar-refractivity contribution in [3.8, 4) is 11.3 Å². The van der Waals surface area contributed by atoms with Gasteiger partial charge in [0.2, 0.25) is 0 Å². The molecule has 2 rings (SSSR count). The van der Waals surface area contributed by atoms with Gasteiger partial charge in [-0.1, -0.05) is 20.8 Å². The summed E-state index contributed by atoms with van der Waals surface area (Å²) in [6.07, 6.45) is 1.72. The van der Waals surface area contributed by atoms with E-state index in [2.05, 4.69) is 36.2 Å². The molecule has 130 valence electrons. The first-order valence-corrected chi connectivity index (χ1v) is 8.02. The number of carbonyl (C=O) groups excluding carboxylic acids is 1.